The Morgan fingerprint density at radius 1 is 0.931 bits per heavy atom. The van der Waals surface area contributed by atoms with E-state index >= 15 is 0 Å². The van der Waals surface area contributed by atoms with Gasteiger partial charge >= 0.3 is 0 Å². The van der Waals surface area contributed by atoms with Crippen molar-refractivity contribution < 1.29 is 14.0 Å². The summed E-state index contributed by atoms with van der Waals surface area (Å²) in [5.74, 6) is -0.240. The number of amides is 2. The highest BCUT2D eigenvalue weighted by Gasteiger charge is 2.57. The van der Waals surface area contributed by atoms with Gasteiger partial charge in [-0.25, -0.2) is 4.39 Å². The van der Waals surface area contributed by atoms with Crippen LogP contribution in [0, 0.1) is 5.82 Å². The average molecular weight is 392 g/mol. The van der Waals surface area contributed by atoms with Crippen LogP contribution in [0.3, 0.4) is 0 Å². The molecule has 0 aromatic heterocycles. The van der Waals surface area contributed by atoms with Gasteiger partial charge < -0.3 is 10.2 Å². The topological polar surface area (TPSA) is 49.4 Å². The van der Waals surface area contributed by atoms with Gasteiger partial charge in [-0.3, -0.25) is 9.59 Å². The number of benzene rings is 2. The van der Waals surface area contributed by atoms with Crippen LogP contribution < -0.4 is 5.32 Å². The smallest absolute Gasteiger partial charge is 0.251 e. The number of carbonyl (C=O) groups is 2. The standard InChI is InChI=1S/C24H25FN2O2/c25-18-8-6-16(7-9-18)22(28)26-19-14-20-10-11-21(15-19)27(20)23(29)24(12-13-24)17-4-2-1-3-5-17/h1-9,19-21H,10-15H2,(H,26,28)/t19?,20-,21+. The number of fused-ring (bicyclic) bond motifs is 2. The molecule has 1 N–H and O–H groups in total. The molecule has 3 atom stereocenters. The van der Waals surface area contributed by atoms with Crippen LogP contribution in [0.5, 0.6) is 0 Å². The number of halogens is 1. The molecule has 2 aliphatic heterocycles. The van der Waals surface area contributed by atoms with E-state index in [2.05, 4.69) is 22.3 Å². The Morgan fingerprint density at radius 2 is 1.55 bits per heavy atom. The summed E-state index contributed by atoms with van der Waals surface area (Å²) in [4.78, 5) is 28.2. The van der Waals surface area contributed by atoms with Gasteiger partial charge in [0.15, 0.2) is 0 Å². The van der Waals surface area contributed by atoms with E-state index in [0.717, 1.165) is 44.1 Å². The number of hydrogen-bond donors (Lipinski definition) is 1. The van der Waals surface area contributed by atoms with E-state index < -0.39 is 0 Å². The fourth-order valence-corrected chi connectivity index (χ4v) is 5.25. The third-order valence-corrected chi connectivity index (χ3v) is 6.89. The third kappa shape index (κ3) is 3.22. The lowest BCUT2D eigenvalue weighted by molar-refractivity contribution is -0.138. The van der Waals surface area contributed by atoms with Crippen LogP contribution in [0.25, 0.3) is 0 Å². The summed E-state index contributed by atoms with van der Waals surface area (Å²) in [5, 5.41) is 3.10. The average Bonchev–Trinajstić information content (AvgIpc) is 3.50. The number of nitrogens with one attached hydrogen (secondary N) is 1. The van der Waals surface area contributed by atoms with Crippen LogP contribution in [0.15, 0.2) is 54.6 Å². The van der Waals surface area contributed by atoms with E-state index in [4.69, 9.17) is 0 Å². The van der Waals surface area contributed by atoms with Gasteiger partial charge in [-0.15, -0.1) is 0 Å². The first kappa shape index (κ1) is 18.3. The first-order valence-corrected chi connectivity index (χ1v) is 10.5. The van der Waals surface area contributed by atoms with Crippen molar-refractivity contribution in [3.8, 4) is 0 Å². The van der Waals surface area contributed by atoms with Crippen molar-refractivity contribution in [2.45, 2.75) is 62.1 Å². The van der Waals surface area contributed by atoms with Crippen molar-refractivity contribution in [1.82, 2.24) is 10.2 Å². The number of hydrogen-bond acceptors (Lipinski definition) is 2. The van der Waals surface area contributed by atoms with E-state index in [1.54, 1.807) is 0 Å². The minimum absolute atomic E-state index is 0.0565. The van der Waals surface area contributed by atoms with Crippen molar-refractivity contribution in [2.24, 2.45) is 0 Å². The number of carbonyl (C=O) groups excluding carboxylic acids is 2. The SMILES string of the molecule is O=C(NC1C[C@H]2CC[C@@H](C1)N2C(=O)C1(c2ccccc2)CC1)c1ccc(F)cc1. The van der Waals surface area contributed by atoms with Crippen molar-refractivity contribution >= 4 is 11.8 Å². The largest absolute Gasteiger partial charge is 0.349 e. The molecule has 0 spiro atoms. The fourth-order valence-electron chi connectivity index (χ4n) is 5.25. The molecule has 2 heterocycles. The van der Waals surface area contributed by atoms with Gasteiger partial charge in [-0.2, -0.15) is 0 Å². The zero-order valence-electron chi connectivity index (χ0n) is 16.3. The van der Waals surface area contributed by atoms with E-state index in [9.17, 15) is 14.0 Å². The van der Waals surface area contributed by atoms with E-state index in [0.29, 0.717) is 5.56 Å². The second-order valence-corrected chi connectivity index (χ2v) is 8.69. The van der Waals surface area contributed by atoms with Crippen LogP contribution >= 0.6 is 0 Å². The Kier molecular flexibility index (Phi) is 4.41. The number of nitrogens with zero attached hydrogens (tertiary/aromatic N) is 1. The Morgan fingerprint density at radius 3 is 2.14 bits per heavy atom. The van der Waals surface area contributed by atoms with Gasteiger partial charge in [0, 0.05) is 23.7 Å². The first-order valence-electron chi connectivity index (χ1n) is 10.5. The van der Waals surface area contributed by atoms with Crippen LogP contribution in [0.4, 0.5) is 4.39 Å². The van der Waals surface area contributed by atoms with Crippen LogP contribution in [0.1, 0.15) is 54.4 Å². The van der Waals surface area contributed by atoms with Crippen LogP contribution in [-0.4, -0.2) is 34.8 Å². The lowest BCUT2D eigenvalue weighted by Gasteiger charge is -2.41. The molecular weight excluding hydrogens is 367 g/mol. The molecule has 5 heteroatoms. The van der Waals surface area contributed by atoms with Gasteiger partial charge in [-0.05, 0) is 68.4 Å². The maximum absolute atomic E-state index is 13.5. The van der Waals surface area contributed by atoms with Crippen LogP contribution in [-0.2, 0) is 10.2 Å². The second-order valence-electron chi connectivity index (χ2n) is 8.69. The summed E-state index contributed by atoms with van der Waals surface area (Å²) in [6.45, 7) is 0. The normalized spacial score (nSPS) is 26.8. The van der Waals surface area contributed by atoms with Crippen LogP contribution in [0.2, 0.25) is 0 Å². The summed E-state index contributed by atoms with van der Waals surface area (Å²) in [6.07, 6.45) is 5.45. The molecule has 2 bridgehead atoms. The Balaban J connectivity index is 1.28. The van der Waals surface area contributed by atoms with Crippen molar-refractivity contribution in [3.63, 3.8) is 0 Å². The predicted molar refractivity (Wildman–Crippen MR) is 108 cm³/mol. The molecule has 5 rings (SSSR count). The zero-order chi connectivity index (χ0) is 20.0. The molecule has 150 valence electrons. The van der Waals surface area contributed by atoms with Gasteiger partial charge in [0.25, 0.3) is 5.91 Å². The maximum Gasteiger partial charge on any atom is 0.251 e. The molecular formula is C24H25FN2O2. The lowest BCUT2D eigenvalue weighted by Crippen LogP contribution is -2.54. The Bertz CT molecular complexity index is 910. The first-order chi connectivity index (χ1) is 14.1. The molecule has 29 heavy (non-hydrogen) atoms. The molecule has 0 radical (unpaired) electrons. The second kappa shape index (κ2) is 6.97. The van der Waals surface area contributed by atoms with Gasteiger partial charge in [0.1, 0.15) is 5.82 Å². The number of piperidine rings is 1. The van der Waals surface area contributed by atoms with Crippen molar-refractivity contribution in [1.29, 1.82) is 0 Å². The van der Waals surface area contributed by atoms with Gasteiger partial charge in [-0.1, -0.05) is 30.3 Å². The molecule has 2 aromatic carbocycles. The molecule has 4 nitrogen and oxygen atoms in total. The summed E-state index contributed by atoms with van der Waals surface area (Å²) in [7, 11) is 0. The molecule has 1 aliphatic carbocycles. The van der Waals surface area contributed by atoms with Gasteiger partial charge in [0.2, 0.25) is 5.91 Å². The minimum Gasteiger partial charge on any atom is -0.349 e. The molecule has 3 aliphatic rings. The minimum atomic E-state index is -0.348. The maximum atomic E-state index is 13.5. The highest BCUT2D eigenvalue weighted by atomic mass is 19.1. The predicted octanol–water partition coefficient (Wildman–Crippen LogP) is 3.81. The Labute approximate surface area is 170 Å². The highest BCUT2D eigenvalue weighted by Crippen LogP contribution is 2.52. The molecule has 1 saturated carbocycles. The zero-order valence-corrected chi connectivity index (χ0v) is 16.3. The molecule has 1 unspecified atom stereocenters. The highest BCUT2D eigenvalue weighted by molar-refractivity contribution is 5.94. The van der Waals surface area contributed by atoms with E-state index in [1.807, 2.05) is 18.2 Å². The van der Waals surface area contributed by atoms with Crippen molar-refractivity contribution in [2.75, 3.05) is 0 Å². The summed E-state index contributed by atoms with van der Waals surface area (Å²) in [5.41, 5.74) is 1.28. The third-order valence-electron chi connectivity index (χ3n) is 6.89. The fraction of sp³-hybridized carbons (Fsp3) is 0.417. The lowest BCUT2D eigenvalue weighted by atomic mass is 9.90. The summed E-state index contributed by atoms with van der Waals surface area (Å²) in [6, 6.07) is 16.2. The van der Waals surface area contributed by atoms with E-state index in [1.165, 1.54) is 24.3 Å². The summed E-state index contributed by atoms with van der Waals surface area (Å²) < 4.78 is 13.1. The van der Waals surface area contributed by atoms with Gasteiger partial charge in [0.05, 0.1) is 5.41 Å². The molecule has 2 amide bonds. The van der Waals surface area contributed by atoms with Crippen molar-refractivity contribution in [3.05, 3.63) is 71.5 Å². The summed E-state index contributed by atoms with van der Waals surface area (Å²) >= 11 is 0. The number of rotatable bonds is 4. The monoisotopic (exact) mass is 392 g/mol. The van der Waals surface area contributed by atoms with E-state index in [-0.39, 0.29) is 41.2 Å². The molecule has 2 aromatic rings. The quantitative estimate of drug-likeness (QED) is 0.860. The molecule has 2 saturated heterocycles. The Hall–Kier alpha value is -2.69. The molecule has 3 fully saturated rings.